The predicted octanol–water partition coefficient (Wildman–Crippen LogP) is -1.29. The summed E-state index contributed by atoms with van der Waals surface area (Å²) in [7, 11) is 0. The Balaban J connectivity index is 1.76. The Morgan fingerprint density at radius 3 is 2.09 bits per heavy atom. The summed E-state index contributed by atoms with van der Waals surface area (Å²) < 4.78 is 0. The van der Waals surface area contributed by atoms with Crippen molar-refractivity contribution >= 4 is 40.5 Å². The van der Waals surface area contributed by atoms with Gasteiger partial charge in [0.05, 0.1) is 41.7 Å². The van der Waals surface area contributed by atoms with E-state index in [4.69, 9.17) is 39.0 Å². The number of nitrogens with zero attached hydrogens (tertiary/aromatic N) is 2. The second-order valence-electron chi connectivity index (χ2n) is 10.2. The number of aliphatic hydroxyl groups is 6. The van der Waals surface area contributed by atoms with Crippen LogP contribution in [0.5, 0.6) is 0 Å². The van der Waals surface area contributed by atoms with Crippen LogP contribution in [0.4, 0.5) is 17.1 Å². The second kappa shape index (κ2) is 18.5. The number of benzene rings is 2. The molecule has 0 aliphatic rings. The number of guanidine groups is 1. The van der Waals surface area contributed by atoms with E-state index in [9.17, 15) is 25.2 Å². The molecule has 0 aliphatic carbocycles. The molecule has 14 N–H and O–H groups in total. The van der Waals surface area contributed by atoms with Crippen LogP contribution in [0.15, 0.2) is 41.4 Å². The van der Waals surface area contributed by atoms with Crippen LogP contribution in [0.2, 0.25) is 5.02 Å². The van der Waals surface area contributed by atoms with E-state index in [0.29, 0.717) is 19.6 Å². The topological polar surface area (TPSA) is 256 Å². The molecule has 1 amide bonds. The second-order valence-corrected chi connectivity index (χ2v) is 10.6. The van der Waals surface area contributed by atoms with Gasteiger partial charge in [0.2, 0.25) is 0 Å². The Kier molecular flexibility index (Phi) is 15.4. The van der Waals surface area contributed by atoms with Crippen LogP contribution >= 0.6 is 11.6 Å². The summed E-state index contributed by atoms with van der Waals surface area (Å²) in [6, 6.07) is 10.6. The van der Waals surface area contributed by atoms with Gasteiger partial charge in [0.25, 0.3) is 5.91 Å². The van der Waals surface area contributed by atoms with Crippen molar-refractivity contribution in [2.75, 3.05) is 62.7 Å². The first-order chi connectivity index (χ1) is 20.4. The van der Waals surface area contributed by atoms with E-state index in [1.165, 1.54) is 12.1 Å². The molecule has 0 aromatic heterocycles. The number of rotatable bonds is 18. The molecule has 0 spiro atoms. The third-order valence-electron chi connectivity index (χ3n) is 6.67. The maximum atomic E-state index is 12.4. The molecule has 14 nitrogen and oxygen atoms in total. The number of nitrogen functional groups attached to an aromatic ring is 2. The highest BCUT2D eigenvalue weighted by molar-refractivity contribution is 6.33. The number of hydrogen-bond acceptors (Lipinski definition) is 12. The number of anilines is 3. The molecule has 0 saturated carbocycles. The number of carbonyl (C=O) groups excluding carboxylic acids is 1. The lowest BCUT2D eigenvalue weighted by Crippen LogP contribution is -2.47. The quantitative estimate of drug-likeness (QED) is 0.0400. The minimum Gasteiger partial charge on any atom is -0.398 e. The maximum absolute atomic E-state index is 12.4. The van der Waals surface area contributed by atoms with Gasteiger partial charge in [-0.3, -0.25) is 20.0 Å². The first-order valence-corrected chi connectivity index (χ1v) is 14.3. The van der Waals surface area contributed by atoms with Crippen molar-refractivity contribution < 1.29 is 35.4 Å². The molecule has 2 rings (SSSR count). The lowest BCUT2D eigenvalue weighted by atomic mass is 10.1. The summed E-state index contributed by atoms with van der Waals surface area (Å²) in [6.45, 7) is -0.128. The Hall–Kier alpha value is -3.21. The highest BCUT2D eigenvalue weighted by Gasteiger charge is 2.23. The van der Waals surface area contributed by atoms with E-state index in [-0.39, 0.29) is 41.0 Å². The van der Waals surface area contributed by atoms with Gasteiger partial charge in [0.15, 0.2) is 5.96 Å². The number of aryl methyl sites for hydroxylation is 1. The zero-order chi connectivity index (χ0) is 31.9. The number of aliphatic imine (C=N–C) groups is 1. The molecule has 0 fully saturated rings. The van der Waals surface area contributed by atoms with Gasteiger partial charge in [-0.15, -0.1) is 0 Å². The maximum Gasteiger partial charge on any atom is 0.260 e. The van der Waals surface area contributed by atoms with Gasteiger partial charge in [0.1, 0.15) is 12.2 Å². The van der Waals surface area contributed by atoms with E-state index in [1.54, 1.807) is 4.90 Å². The van der Waals surface area contributed by atoms with Crippen LogP contribution in [0.3, 0.4) is 0 Å². The Morgan fingerprint density at radius 2 is 1.51 bits per heavy atom. The summed E-state index contributed by atoms with van der Waals surface area (Å²) in [4.78, 5) is 18.2. The van der Waals surface area contributed by atoms with E-state index in [2.05, 4.69) is 15.6 Å². The fourth-order valence-electron chi connectivity index (χ4n) is 4.09. The van der Waals surface area contributed by atoms with Crippen LogP contribution in [-0.2, 0) is 6.42 Å². The molecule has 43 heavy (non-hydrogen) atoms. The third kappa shape index (κ3) is 12.5. The monoisotopic (exact) mass is 625 g/mol. The SMILES string of the molecule is NC(=NCCCCc1ccc(NCCN(C[C@H](O)[C@H](O)CO)C[C@H](O)[C@H](O)CO)cc1)NC(=O)c1cc(Cl)c(N)cc1N. The molecule has 0 bridgehead atoms. The fraction of sp³-hybridized carbons (Fsp3) is 0.500. The van der Waals surface area contributed by atoms with Crippen molar-refractivity contribution in [1.29, 1.82) is 0 Å². The van der Waals surface area contributed by atoms with Crippen molar-refractivity contribution in [2.45, 2.75) is 43.7 Å². The predicted molar refractivity (Wildman–Crippen MR) is 167 cm³/mol. The summed E-state index contributed by atoms with van der Waals surface area (Å²) in [5.41, 5.74) is 19.9. The summed E-state index contributed by atoms with van der Waals surface area (Å²) in [5, 5.41) is 63.6. The lowest BCUT2D eigenvalue weighted by molar-refractivity contribution is -0.0529. The summed E-state index contributed by atoms with van der Waals surface area (Å²) >= 11 is 5.96. The van der Waals surface area contributed by atoms with Crippen molar-refractivity contribution in [2.24, 2.45) is 10.7 Å². The molecule has 0 unspecified atom stereocenters. The molecular weight excluding hydrogens is 582 g/mol. The molecule has 15 heteroatoms. The van der Waals surface area contributed by atoms with Gasteiger partial charge < -0.3 is 53.2 Å². The van der Waals surface area contributed by atoms with E-state index in [0.717, 1.165) is 30.5 Å². The zero-order valence-electron chi connectivity index (χ0n) is 23.9. The van der Waals surface area contributed by atoms with Gasteiger partial charge in [-0.25, -0.2) is 0 Å². The molecular formula is C28H44ClN7O7. The molecule has 0 saturated heterocycles. The van der Waals surface area contributed by atoms with Gasteiger partial charge >= 0.3 is 0 Å². The summed E-state index contributed by atoms with van der Waals surface area (Å²) in [5.74, 6) is -0.553. The van der Waals surface area contributed by atoms with Crippen LogP contribution in [0.1, 0.15) is 28.8 Å². The number of nitrogens with one attached hydrogen (secondary N) is 2. The number of hydrogen-bond donors (Lipinski definition) is 11. The smallest absolute Gasteiger partial charge is 0.260 e. The Labute approximate surface area is 255 Å². The molecule has 2 aromatic carbocycles. The van der Waals surface area contributed by atoms with Crippen molar-refractivity contribution in [1.82, 2.24) is 10.2 Å². The van der Waals surface area contributed by atoms with E-state index >= 15 is 0 Å². The molecule has 2 aromatic rings. The van der Waals surface area contributed by atoms with Gasteiger partial charge in [-0.05, 0) is 49.1 Å². The largest absolute Gasteiger partial charge is 0.398 e. The highest BCUT2D eigenvalue weighted by atomic mass is 35.5. The number of amides is 1. The molecule has 0 radical (unpaired) electrons. The fourth-order valence-corrected chi connectivity index (χ4v) is 4.25. The van der Waals surface area contributed by atoms with E-state index in [1.807, 2.05) is 24.3 Å². The number of unbranched alkanes of at least 4 members (excludes halogenated alkanes) is 1. The number of nitrogens with two attached hydrogens (primary N) is 3. The van der Waals surface area contributed by atoms with Gasteiger partial charge in [-0.1, -0.05) is 23.7 Å². The van der Waals surface area contributed by atoms with Crippen molar-refractivity contribution in [3.05, 3.63) is 52.5 Å². The Bertz CT molecular complexity index is 1150. The van der Waals surface area contributed by atoms with Gasteiger partial charge in [-0.2, -0.15) is 0 Å². The van der Waals surface area contributed by atoms with Crippen LogP contribution in [0, 0.1) is 0 Å². The van der Waals surface area contributed by atoms with Gasteiger partial charge in [0, 0.05) is 44.1 Å². The molecule has 0 aliphatic heterocycles. The molecule has 0 heterocycles. The molecule has 4 atom stereocenters. The first-order valence-electron chi connectivity index (χ1n) is 13.9. The third-order valence-corrected chi connectivity index (χ3v) is 7.00. The van der Waals surface area contributed by atoms with E-state index < -0.39 is 43.5 Å². The standard InChI is InChI=1S/C28H44ClN7O7/c29-20-11-19(21(30)12-22(20)31)27(43)35-28(32)34-8-2-1-3-17-4-6-18(7-5-17)33-9-10-36(13-23(39)25(41)15-37)14-24(40)26(42)16-38/h4-7,11-12,23-26,33,37-42H,1-3,8-10,13-16,30-31H2,(H3,32,34,35,43)/t23-,24-,25+,26+/m0/s1. The average molecular weight is 626 g/mol. The Morgan fingerprint density at radius 1 is 0.907 bits per heavy atom. The van der Waals surface area contributed by atoms with Crippen LogP contribution < -0.4 is 27.8 Å². The highest BCUT2D eigenvalue weighted by Crippen LogP contribution is 2.25. The number of carbonyl (C=O) groups is 1. The first kappa shape index (κ1) is 36.0. The minimum atomic E-state index is -1.34. The van der Waals surface area contributed by atoms with Crippen LogP contribution in [0.25, 0.3) is 0 Å². The minimum absolute atomic E-state index is 0.0236. The lowest BCUT2D eigenvalue weighted by Gasteiger charge is -2.30. The normalized spacial score (nSPS) is 14.7. The number of aliphatic hydroxyl groups excluding tert-OH is 6. The summed E-state index contributed by atoms with van der Waals surface area (Å²) in [6.07, 6.45) is -2.78. The average Bonchev–Trinajstić information content (AvgIpc) is 2.98. The number of halogens is 1. The van der Waals surface area contributed by atoms with Crippen molar-refractivity contribution in [3.8, 4) is 0 Å². The van der Waals surface area contributed by atoms with Crippen molar-refractivity contribution in [3.63, 3.8) is 0 Å². The zero-order valence-corrected chi connectivity index (χ0v) is 24.7. The molecule has 240 valence electrons. The van der Waals surface area contributed by atoms with Crippen LogP contribution in [-0.4, -0.2) is 118 Å².